The van der Waals surface area contributed by atoms with Crippen molar-refractivity contribution in [2.45, 2.75) is 32.2 Å². The molecule has 26 heavy (non-hydrogen) atoms. The van der Waals surface area contributed by atoms with E-state index in [2.05, 4.69) is 58.3 Å². The van der Waals surface area contributed by atoms with Crippen LogP contribution in [0.1, 0.15) is 30.4 Å². The Morgan fingerprint density at radius 2 is 1.46 bits per heavy atom. The molecule has 1 aromatic heterocycles. The zero-order valence-electron chi connectivity index (χ0n) is 15.1. The number of nitrogens with zero attached hydrogens (tertiary/aromatic N) is 4. The van der Waals surface area contributed by atoms with Gasteiger partial charge in [0.2, 0.25) is 5.95 Å². The first kappa shape index (κ1) is 15.6. The molecule has 1 saturated heterocycles. The molecule has 3 aromatic rings. The highest BCUT2D eigenvalue weighted by Crippen LogP contribution is 2.31. The van der Waals surface area contributed by atoms with Crippen LogP contribution >= 0.6 is 0 Å². The van der Waals surface area contributed by atoms with Crippen LogP contribution in [0.25, 0.3) is 10.9 Å². The molecule has 0 amide bonds. The van der Waals surface area contributed by atoms with Crippen molar-refractivity contribution in [1.82, 2.24) is 9.97 Å². The summed E-state index contributed by atoms with van der Waals surface area (Å²) in [5, 5.41) is 1.16. The normalized spacial score (nSPS) is 17.4. The second-order valence-corrected chi connectivity index (χ2v) is 7.35. The number of aromatic nitrogens is 2. The van der Waals surface area contributed by atoms with Gasteiger partial charge in [0.15, 0.2) is 0 Å². The van der Waals surface area contributed by atoms with Crippen molar-refractivity contribution < 1.29 is 0 Å². The molecule has 2 aromatic carbocycles. The third-order valence-electron chi connectivity index (χ3n) is 5.64. The van der Waals surface area contributed by atoms with Crippen LogP contribution in [-0.4, -0.2) is 29.6 Å². The minimum absolute atomic E-state index is 0.900. The van der Waals surface area contributed by atoms with Crippen LogP contribution < -0.4 is 9.80 Å². The van der Waals surface area contributed by atoms with E-state index in [1.54, 1.807) is 0 Å². The van der Waals surface area contributed by atoms with Crippen LogP contribution in [-0.2, 0) is 13.0 Å². The van der Waals surface area contributed by atoms with Crippen molar-refractivity contribution in [2.75, 3.05) is 29.4 Å². The predicted molar refractivity (Wildman–Crippen MR) is 107 cm³/mol. The molecule has 4 nitrogen and oxygen atoms in total. The average molecular weight is 344 g/mol. The molecule has 0 N–H and O–H groups in total. The first-order valence-electron chi connectivity index (χ1n) is 9.72. The van der Waals surface area contributed by atoms with Crippen molar-refractivity contribution in [3.8, 4) is 0 Å². The van der Waals surface area contributed by atoms with E-state index in [-0.39, 0.29) is 0 Å². The molecular weight excluding hydrogens is 320 g/mol. The van der Waals surface area contributed by atoms with Gasteiger partial charge < -0.3 is 9.80 Å². The van der Waals surface area contributed by atoms with Crippen LogP contribution in [0.2, 0.25) is 0 Å². The number of fused-ring (bicyclic) bond motifs is 2. The second kappa shape index (κ2) is 6.60. The summed E-state index contributed by atoms with van der Waals surface area (Å²) in [6, 6.07) is 17.2. The van der Waals surface area contributed by atoms with Gasteiger partial charge in [-0.25, -0.2) is 4.98 Å². The third kappa shape index (κ3) is 2.79. The fourth-order valence-corrected chi connectivity index (χ4v) is 4.20. The molecule has 0 bridgehead atoms. The van der Waals surface area contributed by atoms with Gasteiger partial charge in [0.25, 0.3) is 0 Å². The van der Waals surface area contributed by atoms with Gasteiger partial charge in [-0.2, -0.15) is 4.98 Å². The molecule has 0 unspecified atom stereocenters. The molecule has 5 rings (SSSR count). The summed E-state index contributed by atoms with van der Waals surface area (Å²) >= 11 is 0. The third-order valence-corrected chi connectivity index (χ3v) is 5.64. The summed E-state index contributed by atoms with van der Waals surface area (Å²) in [6.07, 6.45) is 4.87. The molecule has 1 fully saturated rings. The number of piperidine rings is 1. The molecule has 3 heterocycles. The summed E-state index contributed by atoms with van der Waals surface area (Å²) in [6.45, 7) is 4.08. The van der Waals surface area contributed by atoms with Gasteiger partial charge in [-0.05, 0) is 48.9 Å². The van der Waals surface area contributed by atoms with Crippen molar-refractivity contribution >= 4 is 22.7 Å². The molecule has 0 radical (unpaired) electrons. The predicted octanol–water partition coefficient (Wildman–Crippen LogP) is 4.18. The Bertz CT molecular complexity index is 930. The van der Waals surface area contributed by atoms with Crippen molar-refractivity contribution in [1.29, 1.82) is 0 Å². The number of anilines is 2. The molecule has 4 heteroatoms. The van der Waals surface area contributed by atoms with Gasteiger partial charge in [0, 0.05) is 31.6 Å². The van der Waals surface area contributed by atoms with Gasteiger partial charge in [-0.1, -0.05) is 36.4 Å². The lowest BCUT2D eigenvalue weighted by Gasteiger charge is -2.32. The summed E-state index contributed by atoms with van der Waals surface area (Å²) in [5.74, 6) is 1.99. The molecule has 2 aliphatic heterocycles. The first-order chi connectivity index (χ1) is 12.9. The van der Waals surface area contributed by atoms with E-state index in [1.807, 2.05) is 0 Å². The van der Waals surface area contributed by atoms with Crippen LogP contribution in [0, 0.1) is 0 Å². The lowest BCUT2D eigenvalue weighted by molar-refractivity contribution is 0.568. The maximum Gasteiger partial charge on any atom is 0.227 e. The highest BCUT2D eigenvalue weighted by molar-refractivity contribution is 5.90. The van der Waals surface area contributed by atoms with Crippen LogP contribution in [0.4, 0.5) is 11.8 Å². The van der Waals surface area contributed by atoms with E-state index in [9.17, 15) is 0 Å². The maximum absolute atomic E-state index is 5.06. The Morgan fingerprint density at radius 1 is 0.692 bits per heavy atom. The Labute approximate surface area is 154 Å². The summed E-state index contributed by atoms with van der Waals surface area (Å²) in [7, 11) is 0. The number of hydrogen-bond donors (Lipinski definition) is 0. The molecule has 0 aliphatic carbocycles. The molecule has 0 atom stereocenters. The summed E-state index contributed by atoms with van der Waals surface area (Å²) in [5.41, 5.74) is 3.94. The van der Waals surface area contributed by atoms with E-state index in [1.165, 1.54) is 30.4 Å². The topological polar surface area (TPSA) is 32.3 Å². The van der Waals surface area contributed by atoms with E-state index in [0.29, 0.717) is 0 Å². The minimum Gasteiger partial charge on any atom is -0.351 e. The first-order valence-corrected chi connectivity index (χ1v) is 9.72. The maximum atomic E-state index is 5.06. The van der Waals surface area contributed by atoms with Gasteiger partial charge >= 0.3 is 0 Å². The molecule has 0 saturated carbocycles. The highest BCUT2D eigenvalue weighted by atomic mass is 15.3. The van der Waals surface area contributed by atoms with Crippen molar-refractivity contribution in [2.24, 2.45) is 0 Å². The van der Waals surface area contributed by atoms with Crippen molar-refractivity contribution in [3.63, 3.8) is 0 Å². The van der Waals surface area contributed by atoms with Gasteiger partial charge in [0.05, 0.1) is 5.52 Å². The lowest BCUT2D eigenvalue weighted by Crippen LogP contribution is -2.34. The molecule has 0 spiro atoms. The molecule has 2 aliphatic rings. The largest absolute Gasteiger partial charge is 0.351 e. The average Bonchev–Trinajstić information content (AvgIpc) is 2.73. The van der Waals surface area contributed by atoms with Crippen molar-refractivity contribution in [3.05, 3.63) is 59.7 Å². The highest BCUT2D eigenvalue weighted by Gasteiger charge is 2.22. The zero-order chi connectivity index (χ0) is 17.3. The molecule has 132 valence electrons. The molecular formula is C22H24N4. The zero-order valence-corrected chi connectivity index (χ0v) is 15.1. The van der Waals surface area contributed by atoms with Gasteiger partial charge in [0.1, 0.15) is 5.82 Å². The Hall–Kier alpha value is -2.62. The fraction of sp³-hybridized carbons (Fsp3) is 0.364. The summed E-state index contributed by atoms with van der Waals surface area (Å²) in [4.78, 5) is 14.7. The second-order valence-electron chi connectivity index (χ2n) is 7.35. The smallest absolute Gasteiger partial charge is 0.227 e. The fourth-order valence-electron chi connectivity index (χ4n) is 4.20. The monoisotopic (exact) mass is 344 g/mol. The SMILES string of the molecule is c1ccc2c(c1)CCN(c1nc(N3CCCCC3)nc3ccccc13)C2. The standard InChI is InChI=1S/C22H24N4/c1-6-13-25(14-7-1)22-23-20-11-5-4-10-19(20)21(24-22)26-15-12-17-8-2-3-9-18(17)16-26/h2-5,8-11H,1,6-7,12-16H2. The van der Waals surface area contributed by atoms with E-state index in [0.717, 1.165) is 55.3 Å². The number of benzene rings is 2. The Balaban J connectivity index is 1.58. The Kier molecular flexibility index (Phi) is 3.96. The quantitative estimate of drug-likeness (QED) is 0.698. The number of para-hydroxylation sites is 1. The van der Waals surface area contributed by atoms with Crippen LogP contribution in [0.3, 0.4) is 0 Å². The van der Waals surface area contributed by atoms with Crippen LogP contribution in [0.15, 0.2) is 48.5 Å². The van der Waals surface area contributed by atoms with E-state index >= 15 is 0 Å². The Morgan fingerprint density at radius 3 is 2.35 bits per heavy atom. The van der Waals surface area contributed by atoms with E-state index < -0.39 is 0 Å². The number of rotatable bonds is 2. The number of hydrogen-bond acceptors (Lipinski definition) is 4. The van der Waals surface area contributed by atoms with E-state index in [4.69, 9.17) is 9.97 Å². The van der Waals surface area contributed by atoms with Gasteiger partial charge in [-0.3, -0.25) is 0 Å². The summed E-state index contributed by atoms with van der Waals surface area (Å²) < 4.78 is 0. The minimum atomic E-state index is 0.900. The van der Waals surface area contributed by atoms with Gasteiger partial charge in [-0.15, -0.1) is 0 Å². The van der Waals surface area contributed by atoms with Crippen LogP contribution in [0.5, 0.6) is 0 Å². The lowest BCUT2D eigenvalue weighted by atomic mass is 10.00.